The third kappa shape index (κ3) is 0.964. The normalized spacial score (nSPS) is 43.8. The molecule has 0 nitrogen and oxygen atoms in total. The summed E-state index contributed by atoms with van der Waals surface area (Å²) in [6.07, 6.45) is 0. The highest BCUT2D eigenvalue weighted by Crippen LogP contribution is 2.52. The summed E-state index contributed by atoms with van der Waals surface area (Å²) in [6, 6.07) is 0. The lowest BCUT2D eigenvalue weighted by molar-refractivity contribution is 2.27. The summed E-state index contributed by atoms with van der Waals surface area (Å²) in [4.78, 5) is 0. The monoisotopic (exact) mass is 202 g/mol. The first-order valence-corrected chi connectivity index (χ1v) is 4.81. The largest absolute Gasteiger partial charge is 0.102 e. The lowest BCUT2D eigenvalue weighted by Crippen LogP contribution is -1.34. The molecule has 0 spiro atoms. The van der Waals surface area contributed by atoms with Gasteiger partial charge in [-0.3, -0.25) is 0 Å². The van der Waals surface area contributed by atoms with Crippen LogP contribution in [0, 0.1) is 0 Å². The molecule has 0 saturated carbocycles. The highest BCUT2D eigenvalue weighted by atomic mass is 127. The second kappa shape index (κ2) is 1.20. The maximum absolute atomic E-state index is 2.43. The van der Waals surface area contributed by atoms with Crippen molar-refractivity contribution >= 4 is 38.3 Å². The van der Waals surface area contributed by atoms with Crippen LogP contribution in [0.2, 0.25) is 0 Å². The van der Waals surface area contributed by atoms with Crippen LogP contribution in [0.15, 0.2) is 0 Å². The number of halogens is 1. The van der Waals surface area contributed by atoms with Gasteiger partial charge in [-0.1, -0.05) is 38.3 Å². The molecule has 0 aromatic rings. The van der Waals surface area contributed by atoms with Crippen molar-refractivity contribution in [1.82, 2.24) is 0 Å². The van der Waals surface area contributed by atoms with Crippen LogP contribution in [0.25, 0.3) is 0 Å². The molecule has 0 aromatic heterocycles. The van der Waals surface area contributed by atoms with Crippen molar-refractivity contribution < 1.29 is 0 Å². The number of hydrogen-bond donors (Lipinski definition) is 0. The van der Waals surface area contributed by atoms with Crippen LogP contribution in [-0.2, 0) is 0 Å². The van der Waals surface area contributed by atoms with Gasteiger partial charge < -0.3 is 0 Å². The van der Waals surface area contributed by atoms with Gasteiger partial charge in [0.2, 0.25) is 0 Å². The van der Waals surface area contributed by atoms with Gasteiger partial charge in [-0.25, -0.2) is 0 Å². The third-order valence-electron chi connectivity index (χ3n) is 0.203. The Morgan fingerprint density at radius 1 is 1.50 bits per heavy atom. The summed E-state index contributed by atoms with van der Waals surface area (Å²) in [5, 5.41) is 0. The Labute approximate surface area is 41.9 Å². The zero-order valence-corrected chi connectivity index (χ0v) is 5.80. The second-order valence-corrected chi connectivity index (χ2v) is 7.05. The molecule has 0 bridgehead atoms. The van der Waals surface area contributed by atoms with Gasteiger partial charge in [0.1, 0.15) is 3.41 Å². The lowest BCUT2D eigenvalue weighted by Gasteiger charge is -1.51. The molecule has 0 fully saturated rings. The molecule has 0 amide bonds. The van der Waals surface area contributed by atoms with Gasteiger partial charge in [0, 0.05) is 0 Å². The predicted molar refractivity (Wildman–Crippen MR) is 31.6 cm³/mol. The van der Waals surface area contributed by atoms with Crippen LogP contribution >= 0.6 is 38.3 Å². The first-order chi connectivity index (χ1) is 1.89. The van der Waals surface area contributed by atoms with Crippen LogP contribution in [-0.4, -0.2) is 3.41 Å². The van der Waals surface area contributed by atoms with Gasteiger partial charge in [-0.2, -0.15) is 0 Å². The van der Waals surface area contributed by atoms with E-state index in [1.54, 1.807) is 15.7 Å². The minimum Gasteiger partial charge on any atom is -0.0620 e. The number of rotatable bonds is 0. The fourth-order valence-corrected chi connectivity index (χ4v) is 1.52. The van der Waals surface area contributed by atoms with E-state index in [1.165, 1.54) is 0 Å². The Bertz CT molecular complexity index is 44.0. The maximum atomic E-state index is 2.43. The van der Waals surface area contributed by atoms with Gasteiger partial charge in [0.05, 0.1) is 0 Å². The van der Waals surface area contributed by atoms with E-state index in [9.17, 15) is 0 Å². The molecule has 4 heavy (non-hydrogen) atoms. The molecule has 0 unspecified atom stereocenters. The summed E-state index contributed by atoms with van der Waals surface area (Å²) in [6.45, 7) is 0. The van der Waals surface area contributed by atoms with Gasteiger partial charge in [-0.15, -0.1) is 0 Å². The molecule has 0 saturated heterocycles. The SMILES string of the molecule is IC1P=P1. The zero-order valence-electron chi connectivity index (χ0n) is 1.85. The Hall–Kier alpha value is 1.33. The minimum absolute atomic E-state index is 0.998. The zero-order chi connectivity index (χ0) is 2.99. The van der Waals surface area contributed by atoms with E-state index in [0.29, 0.717) is 0 Å². The average Bonchev–Trinajstić information content (AvgIpc) is 1.75. The van der Waals surface area contributed by atoms with Crippen molar-refractivity contribution in [2.75, 3.05) is 0 Å². The molecule has 0 aliphatic carbocycles. The molecular formula is CHIP2. The standard InChI is InChI=1S/CHIP2/c2-1-3-4-1/h1H. The van der Waals surface area contributed by atoms with Crippen molar-refractivity contribution in [2.45, 2.75) is 3.41 Å². The third-order valence-corrected chi connectivity index (χ3v) is 6.31. The van der Waals surface area contributed by atoms with Crippen molar-refractivity contribution in [3.05, 3.63) is 0 Å². The van der Waals surface area contributed by atoms with Gasteiger partial charge in [0.25, 0.3) is 0 Å². The van der Waals surface area contributed by atoms with Crippen molar-refractivity contribution in [1.29, 1.82) is 0 Å². The summed E-state index contributed by atoms with van der Waals surface area (Å²) in [5.74, 6) is 0. The molecule has 1 heterocycles. The summed E-state index contributed by atoms with van der Waals surface area (Å²) < 4.78 is 0.998. The van der Waals surface area contributed by atoms with Gasteiger partial charge in [0.15, 0.2) is 0 Å². The topological polar surface area (TPSA) is 0 Å². The Morgan fingerprint density at radius 3 is 1.75 bits per heavy atom. The first-order valence-electron chi connectivity index (χ1n) is 0.935. The van der Waals surface area contributed by atoms with Crippen LogP contribution in [0.3, 0.4) is 0 Å². The lowest BCUT2D eigenvalue weighted by atomic mass is 11.9. The van der Waals surface area contributed by atoms with E-state index in [-0.39, 0.29) is 0 Å². The fraction of sp³-hybridized carbons (Fsp3) is 1.00. The quantitative estimate of drug-likeness (QED) is 0.321. The summed E-state index contributed by atoms with van der Waals surface area (Å²) in [5.41, 5.74) is 0. The van der Waals surface area contributed by atoms with Crippen LogP contribution in [0.4, 0.5) is 0 Å². The van der Waals surface area contributed by atoms with E-state index in [1.807, 2.05) is 0 Å². The van der Waals surface area contributed by atoms with Crippen molar-refractivity contribution in [3.63, 3.8) is 0 Å². The Kier molecular flexibility index (Phi) is 1.05. The number of hydrogen-bond acceptors (Lipinski definition) is 0. The highest BCUT2D eigenvalue weighted by Gasteiger charge is 2.03. The molecule has 1 aliphatic rings. The average molecular weight is 202 g/mol. The molecule has 1 rings (SSSR count). The molecule has 0 radical (unpaired) electrons. The van der Waals surface area contributed by atoms with Crippen LogP contribution < -0.4 is 0 Å². The highest BCUT2D eigenvalue weighted by molar-refractivity contribution is 14.1. The number of alkyl halides is 1. The molecule has 3 heteroatoms. The predicted octanol–water partition coefficient (Wildman–Crippen LogP) is 2.53. The van der Waals surface area contributed by atoms with Crippen molar-refractivity contribution in [3.8, 4) is 0 Å². The molecule has 0 aromatic carbocycles. The Balaban J connectivity index is 2.32. The Morgan fingerprint density at radius 2 is 1.75 bits per heavy atom. The molecule has 1 aliphatic heterocycles. The maximum Gasteiger partial charge on any atom is 0.102 e. The fourth-order valence-electron chi connectivity index (χ4n) is 0.0252. The van der Waals surface area contributed by atoms with E-state index in [0.717, 1.165) is 3.41 Å². The van der Waals surface area contributed by atoms with Gasteiger partial charge in [-0.05, 0) is 0 Å². The minimum atomic E-state index is 0.998. The van der Waals surface area contributed by atoms with Crippen LogP contribution in [0.1, 0.15) is 0 Å². The molecular weight excluding hydrogens is 201 g/mol. The molecule has 0 N–H and O–H groups in total. The van der Waals surface area contributed by atoms with E-state index < -0.39 is 0 Å². The first kappa shape index (κ1) is 3.52. The smallest absolute Gasteiger partial charge is 0.0620 e. The molecule has 22 valence electrons. The van der Waals surface area contributed by atoms with E-state index >= 15 is 0 Å². The second-order valence-electron chi connectivity index (χ2n) is 0.542. The van der Waals surface area contributed by atoms with Gasteiger partial charge >= 0.3 is 0 Å². The molecule has 0 atom stereocenters. The van der Waals surface area contributed by atoms with E-state index in [2.05, 4.69) is 22.6 Å². The summed E-state index contributed by atoms with van der Waals surface area (Å²) in [7, 11) is 3.25. The van der Waals surface area contributed by atoms with E-state index in [4.69, 9.17) is 0 Å². The van der Waals surface area contributed by atoms with Crippen LogP contribution in [0.5, 0.6) is 0 Å². The van der Waals surface area contributed by atoms with Crippen molar-refractivity contribution in [2.24, 2.45) is 0 Å². The summed E-state index contributed by atoms with van der Waals surface area (Å²) >= 11 is 2.43.